The lowest BCUT2D eigenvalue weighted by atomic mass is 10.2. The molecule has 1 aromatic heterocycles. The van der Waals surface area contributed by atoms with Crippen LogP contribution in [-0.2, 0) is 4.79 Å². The Bertz CT molecular complexity index is 419. The smallest absolute Gasteiger partial charge is 0.251 e. The van der Waals surface area contributed by atoms with Crippen LogP contribution in [0, 0.1) is 0 Å². The maximum absolute atomic E-state index is 11.5. The van der Waals surface area contributed by atoms with Gasteiger partial charge in [-0.05, 0) is 13.3 Å². The molecular weight excluding hydrogens is 238 g/mol. The van der Waals surface area contributed by atoms with Crippen LogP contribution in [0.15, 0.2) is 22.2 Å². The van der Waals surface area contributed by atoms with Crippen LogP contribution in [0.4, 0.5) is 0 Å². The van der Waals surface area contributed by atoms with E-state index in [9.17, 15) is 9.59 Å². The van der Waals surface area contributed by atoms with Crippen LogP contribution in [0.3, 0.4) is 0 Å². The van der Waals surface area contributed by atoms with Gasteiger partial charge in [0.25, 0.3) is 5.56 Å². The number of nitrogens with zero attached hydrogens (tertiary/aromatic N) is 1. The molecule has 94 valence electrons. The molecule has 17 heavy (non-hydrogen) atoms. The summed E-state index contributed by atoms with van der Waals surface area (Å²) in [6, 6.07) is 1.53. The minimum atomic E-state index is -0.206. The lowest BCUT2D eigenvalue weighted by Crippen LogP contribution is -2.33. The van der Waals surface area contributed by atoms with Gasteiger partial charge >= 0.3 is 0 Å². The highest BCUT2D eigenvalue weighted by atomic mass is 32.2. The van der Waals surface area contributed by atoms with Crippen molar-refractivity contribution in [1.29, 1.82) is 0 Å². The average molecular weight is 255 g/mol. The molecule has 0 radical (unpaired) electrons. The molecule has 1 rings (SSSR count). The van der Waals surface area contributed by atoms with E-state index >= 15 is 0 Å². The molecule has 0 bridgehead atoms. The second kappa shape index (κ2) is 7.11. The molecule has 1 aromatic rings. The molecule has 2 N–H and O–H groups in total. The van der Waals surface area contributed by atoms with Crippen LogP contribution in [0.1, 0.15) is 26.7 Å². The lowest BCUT2D eigenvalue weighted by molar-refractivity contribution is -0.119. The number of aromatic nitrogens is 2. The second-order valence-corrected chi connectivity index (χ2v) is 4.75. The van der Waals surface area contributed by atoms with E-state index < -0.39 is 0 Å². The van der Waals surface area contributed by atoms with Crippen LogP contribution in [0.2, 0.25) is 0 Å². The van der Waals surface area contributed by atoms with E-state index in [-0.39, 0.29) is 23.3 Å². The Morgan fingerprint density at radius 1 is 1.65 bits per heavy atom. The van der Waals surface area contributed by atoms with Gasteiger partial charge in [0.05, 0.1) is 5.75 Å². The maximum Gasteiger partial charge on any atom is 0.251 e. The number of carbonyl (C=O) groups is 1. The second-order valence-electron chi connectivity index (χ2n) is 3.79. The SMILES string of the molecule is CCC[C@H](C)NC(=O)CSc1nccc(=O)[nH]1. The fraction of sp³-hybridized carbons (Fsp3) is 0.545. The van der Waals surface area contributed by atoms with Crippen molar-refractivity contribution in [2.24, 2.45) is 0 Å². The van der Waals surface area contributed by atoms with Crippen molar-refractivity contribution in [3.8, 4) is 0 Å². The summed E-state index contributed by atoms with van der Waals surface area (Å²) in [6.45, 7) is 4.06. The molecule has 0 saturated heterocycles. The molecule has 0 fully saturated rings. The highest BCUT2D eigenvalue weighted by Crippen LogP contribution is 2.09. The van der Waals surface area contributed by atoms with Crippen molar-refractivity contribution in [3.63, 3.8) is 0 Å². The minimum Gasteiger partial charge on any atom is -0.353 e. The first kappa shape index (κ1) is 13.8. The maximum atomic E-state index is 11.5. The van der Waals surface area contributed by atoms with Gasteiger partial charge in [-0.2, -0.15) is 0 Å². The van der Waals surface area contributed by atoms with Gasteiger partial charge < -0.3 is 10.3 Å². The summed E-state index contributed by atoms with van der Waals surface area (Å²) < 4.78 is 0. The number of amides is 1. The quantitative estimate of drug-likeness (QED) is 0.591. The zero-order chi connectivity index (χ0) is 12.7. The Hall–Kier alpha value is -1.30. The van der Waals surface area contributed by atoms with Gasteiger partial charge in [-0.1, -0.05) is 25.1 Å². The summed E-state index contributed by atoms with van der Waals surface area (Å²) in [5.41, 5.74) is -0.206. The van der Waals surface area contributed by atoms with E-state index in [1.54, 1.807) is 0 Å². The van der Waals surface area contributed by atoms with Gasteiger partial charge in [0, 0.05) is 18.3 Å². The van der Waals surface area contributed by atoms with Gasteiger partial charge in [0.2, 0.25) is 5.91 Å². The average Bonchev–Trinajstić information content (AvgIpc) is 2.27. The molecule has 1 heterocycles. The van der Waals surface area contributed by atoms with Gasteiger partial charge in [-0.3, -0.25) is 9.59 Å². The summed E-state index contributed by atoms with van der Waals surface area (Å²) in [4.78, 5) is 29.0. The van der Waals surface area contributed by atoms with E-state index in [1.807, 2.05) is 6.92 Å². The summed E-state index contributed by atoms with van der Waals surface area (Å²) in [6.07, 6.45) is 3.44. The van der Waals surface area contributed by atoms with Crippen molar-refractivity contribution in [3.05, 3.63) is 22.6 Å². The fourth-order valence-corrected chi connectivity index (χ4v) is 2.04. The number of carbonyl (C=O) groups excluding carboxylic acids is 1. The predicted octanol–water partition coefficient (Wildman–Crippen LogP) is 1.17. The number of rotatable bonds is 6. The topological polar surface area (TPSA) is 74.8 Å². The molecule has 0 saturated carbocycles. The Morgan fingerprint density at radius 2 is 2.41 bits per heavy atom. The number of thioether (sulfide) groups is 1. The zero-order valence-electron chi connectivity index (χ0n) is 10.0. The molecule has 0 aliphatic rings. The highest BCUT2D eigenvalue weighted by molar-refractivity contribution is 7.99. The summed E-state index contributed by atoms with van der Waals surface area (Å²) in [5.74, 6) is 0.225. The van der Waals surface area contributed by atoms with E-state index in [0.717, 1.165) is 12.8 Å². The van der Waals surface area contributed by atoms with Gasteiger partial charge in [0.15, 0.2) is 5.16 Å². The molecule has 0 aliphatic carbocycles. The van der Waals surface area contributed by atoms with Crippen molar-refractivity contribution in [1.82, 2.24) is 15.3 Å². The Balaban J connectivity index is 2.35. The van der Waals surface area contributed by atoms with Crippen molar-refractivity contribution < 1.29 is 4.79 Å². The molecule has 0 unspecified atom stereocenters. The molecule has 5 nitrogen and oxygen atoms in total. The van der Waals surface area contributed by atoms with E-state index in [4.69, 9.17) is 0 Å². The Morgan fingerprint density at radius 3 is 3.06 bits per heavy atom. The number of hydrogen-bond acceptors (Lipinski definition) is 4. The number of aromatic amines is 1. The third-order valence-electron chi connectivity index (χ3n) is 2.12. The van der Waals surface area contributed by atoms with Crippen molar-refractivity contribution in [2.45, 2.75) is 37.9 Å². The minimum absolute atomic E-state index is 0.0394. The molecule has 1 atom stereocenters. The van der Waals surface area contributed by atoms with Crippen LogP contribution < -0.4 is 10.9 Å². The Labute approximate surface area is 104 Å². The lowest BCUT2D eigenvalue weighted by Gasteiger charge is -2.11. The largest absolute Gasteiger partial charge is 0.353 e. The molecule has 0 aliphatic heterocycles. The summed E-state index contributed by atoms with van der Waals surface area (Å²) in [7, 11) is 0. The van der Waals surface area contributed by atoms with Crippen LogP contribution in [0.25, 0.3) is 0 Å². The molecule has 1 amide bonds. The monoisotopic (exact) mass is 255 g/mol. The van der Waals surface area contributed by atoms with E-state index in [2.05, 4.69) is 22.2 Å². The first-order valence-corrected chi connectivity index (χ1v) is 6.58. The number of hydrogen-bond donors (Lipinski definition) is 2. The molecular formula is C11H17N3O2S. The number of H-pyrrole nitrogens is 1. The molecule has 0 spiro atoms. The first-order valence-electron chi connectivity index (χ1n) is 5.59. The normalized spacial score (nSPS) is 12.1. The zero-order valence-corrected chi connectivity index (χ0v) is 10.8. The van der Waals surface area contributed by atoms with Gasteiger partial charge in [-0.25, -0.2) is 4.98 Å². The standard InChI is InChI=1S/C11H17N3O2S/c1-3-4-8(2)13-10(16)7-17-11-12-6-5-9(15)14-11/h5-6,8H,3-4,7H2,1-2H3,(H,13,16)(H,12,14,15)/t8-/m0/s1. The van der Waals surface area contributed by atoms with Crippen LogP contribution in [0.5, 0.6) is 0 Å². The molecule has 6 heteroatoms. The first-order chi connectivity index (χ1) is 8.11. The van der Waals surface area contributed by atoms with E-state index in [1.165, 1.54) is 24.0 Å². The molecule has 0 aromatic carbocycles. The third kappa shape index (κ3) is 5.53. The number of nitrogens with one attached hydrogen (secondary N) is 2. The van der Waals surface area contributed by atoms with Gasteiger partial charge in [0.1, 0.15) is 0 Å². The van der Waals surface area contributed by atoms with E-state index in [0.29, 0.717) is 5.16 Å². The fourth-order valence-electron chi connectivity index (χ4n) is 1.38. The summed E-state index contributed by atoms with van der Waals surface area (Å²) in [5, 5.41) is 3.35. The van der Waals surface area contributed by atoms with Crippen molar-refractivity contribution in [2.75, 3.05) is 5.75 Å². The van der Waals surface area contributed by atoms with Crippen LogP contribution in [-0.4, -0.2) is 27.7 Å². The predicted molar refractivity (Wildman–Crippen MR) is 68.1 cm³/mol. The highest BCUT2D eigenvalue weighted by Gasteiger charge is 2.07. The van der Waals surface area contributed by atoms with Crippen LogP contribution >= 0.6 is 11.8 Å². The Kier molecular flexibility index (Phi) is 5.76. The summed E-state index contributed by atoms with van der Waals surface area (Å²) >= 11 is 1.22. The van der Waals surface area contributed by atoms with Crippen molar-refractivity contribution >= 4 is 17.7 Å². The van der Waals surface area contributed by atoms with Gasteiger partial charge in [-0.15, -0.1) is 0 Å². The third-order valence-corrected chi connectivity index (χ3v) is 3.00.